The summed E-state index contributed by atoms with van der Waals surface area (Å²) < 4.78 is 0. The van der Waals surface area contributed by atoms with Crippen LogP contribution in [0.15, 0.2) is 30.5 Å². The Labute approximate surface area is 124 Å². The van der Waals surface area contributed by atoms with Crippen molar-refractivity contribution in [1.82, 2.24) is 9.88 Å². The van der Waals surface area contributed by atoms with Crippen molar-refractivity contribution in [3.05, 3.63) is 41.6 Å². The second-order valence-electron chi connectivity index (χ2n) is 6.95. The number of rotatable bonds is 2. The first kappa shape index (κ1) is 12.0. The molecule has 0 bridgehead atoms. The Morgan fingerprint density at radius 2 is 2.19 bits per heavy atom. The second-order valence-corrected chi connectivity index (χ2v) is 6.95. The molecule has 2 aromatic rings. The second kappa shape index (κ2) is 4.21. The molecular formula is C18H21N3. The average Bonchev–Trinajstić information content (AvgIpc) is 3.20. The van der Waals surface area contributed by atoms with Gasteiger partial charge in [-0.3, -0.25) is 4.90 Å². The molecule has 3 heteroatoms. The fourth-order valence-corrected chi connectivity index (χ4v) is 4.20. The molecule has 1 fully saturated rings. The lowest BCUT2D eigenvalue weighted by molar-refractivity contribution is 0.209. The van der Waals surface area contributed by atoms with Crippen molar-refractivity contribution in [1.29, 1.82) is 0 Å². The molecule has 2 aliphatic carbocycles. The molecule has 1 saturated carbocycles. The maximum atomic E-state index is 6.33. The van der Waals surface area contributed by atoms with E-state index in [1.807, 2.05) is 0 Å². The van der Waals surface area contributed by atoms with Crippen molar-refractivity contribution in [3.8, 4) is 0 Å². The lowest BCUT2D eigenvalue weighted by Crippen LogP contribution is -2.49. The number of aromatic nitrogens is 1. The van der Waals surface area contributed by atoms with Crippen molar-refractivity contribution in [2.45, 2.75) is 31.3 Å². The normalized spacial score (nSPS) is 28.5. The van der Waals surface area contributed by atoms with E-state index in [-0.39, 0.29) is 6.04 Å². The first-order chi connectivity index (χ1) is 10.3. The van der Waals surface area contributed by atoms with Gasteiger partial charge in [-0.1, -0.05) is 18.2 Å². The van der Waals surface area contributed by atoms with E-state index in [0.717, 1.165) is 18.9 Å². The van der Waals surface area contributed by atoms with Gasteiger partial charge in [0.15, 0.2) is 0 Å². The fourth-order valence-electron chi connectivity index (χ4n) is 4.20. The molecule has 2 heterocycles. The molecule has 3 nitrogen and oxygen atoms in total. The highest BCUT2D eigenvalue weighted by molar-refractivity contribution is 5.98. The van der Waals surface area contributed by atoms with Gasteiger partial charge < -0.3 is 10.7 Å². The summed E-state index contributed by atoms with van der Waals surface area (Å²) in [5.74, 6) is 0.917. The van der Waals surface area contributed by atoms with Crippen LogP contribution in [-0.2, 0) is 6.42 Å². The number of hydrogen-bond acceptors (Lipinski definition) is 2. The number of H-pyrrole nitrogens is 1. The highest BCUT2D eigenvalue weighted by Crippen LogP contribution is 2.41. The van der Waals surface area contributed by atoms with Crippen LogP contribution in [0.5, 0.6) is 0 Å². The molecule has 108 valence electrons. The Bertz CT molecular complexity index is 738. The predicted molar refractivity (Wildman–Crippen MR) is 86.0 cm³/mol. The van der Waals surface area contributed by atoms with Crippen molar-refractivity contribution in [3.63, 3.8) is 0 Å². The zero-order valence-corrected chi connectivity index (χ0v) is 12.2. The summed E-state index contributed by atoms with van der Waals surface area (Å²) in [6.07, 6.45) is 8.46. The summed E-state index contributed by atoms with van der Waals surface area (Å²) in [6, 6.07) is 7.30. The van der Waals surface area contributed by atoms with E-state index >= 15 is 0 Å². The summed E-state index contributed by atoms with van der Waals surface area (Å²) in [5, 5.41) is 1.42. The summed E-state index contributed by atoms with van der Waals surface area (Å²) in [6.45, 7) is 2.24. The van der Waals surface area contributed by atoms with Gasteiger partial charge in [0, 0.05) is 42.3 Å². The lowest BCUT2D eigenvalue weighted by atomic mass is 9.81. The minimum absolute atomic E-state index is 0.172. The fraction of sp³-hybridized carbons (Fsp3) is 0.444. The number of fused-ring (bicyclic) bond motifs is 2. The third-order valence-corrected chi connectivity index (χ3v) is 5.34. The van der Waals surface area contributed by atoms with E-state index in [0.29, 0.717) is 6.04 Å². The Kier molecular flexibility index (Phi) is 2.41. The van der Waals surface area contributed by atoms with Crippen LogP contribution in [0.4, 0.5) is 0 Å². The Morgan fingerprint density at radius 3 is 3.05 bits per heavy atom. The summed E-state index contributed by atoms with van der Waals surface area (Å²) in [4.78, 5) is 6.08. The molecule has 0 amide bonds. The number of aromatic amines is 1. The molecule has 21 heavy (non-hydrogen) atoms. The molecule has 0 spiro atoms. The first-order valence-electron chi connectivity index (χ1n) is 8.10. The molecule has 0 radical (unpaired) electrons. The molecule has 1 unspecified atom stereocenters. The molecule has 1 aromatic carbocycles. The van der Waals surface area contributed by atoms with Gasteiger partial charge in [-0.05, 0) is 47.9 Å². The Balaban J connectivity index is 1.64. The van der Waals surface area contributed by atoms with Crippen LogP contribution in [0.25, 0.3) is 16.5 Å². The van der Waals surface area contributed by atoms with Crippen LogP contribution in [0.3, 0.4) is 0 Å². The van der Waals surface area contributed by atoms with Gasteiger partial charge in [-0.15, -0.1) is 0 Å². The maximum Gasteiger partial charge on any atom is 0.0462 e. The Hall–Kier alpha value is -1.58. The molecule has 1 aromatic heterocycles. The van der Waals surface area contributed by atoms with Crippen LogP contribution in [0.1, 0.15) is 24.0 Å². The monoisotopic (exact) mass is 279 g/mol. The maximum absolute atomic E-state index is 6.33. The lowest BCUT2D eigenvalue weighted by Gasteiger charge is -2.41. The van der Waals surface area contributed by atoms with Gasteiger partial charge in [-0.2, -0.15) is 0 Å². The molecule has 2 atom stereocenters. The summed E-state index contributed by atoms with van der Waals surface area (Å²) in [7, 11) is 0. The van der Waals surface area contributed by atoms with E-state index in [1.54, 1.807) is 0 Å². The van der Waals surface area contributed by atoms with Crippen LogP contribution >= 0.6 is 0 Å². The molecular weight excluding hydrogens is 258 g/mol. The number of nitrogens with zero attached hydrogens (tertiary/aromatic N) is 1. The zero-order chi connectivity index (χ0) is 14.0. The highest BCUT2D eigenvalue weighted by atomic mass is 15.2. The minimum Gasteiger partial charge on any atom is -0.361 e. The van der Waals surface area contributed by atoms with Crippen molar-refractivity contribution < 1.29 is 0 Å². The van der Waals surface area contributed by atoms with E-state index < -0.39 is 0 Å². The van der Waals surface area contributed by atoms with Crippen molar-refractivity contribution in [2.75, 3.05) is 13.1 Å². The molecule has 3 aliphatic rings. The smallest absolute Gasteiger partial charge is 0.0462 e. The number of nitrogens with one attached hydrogen (secondary N) is 1. The largest absolute Gasteiger partial charge is 0.361 e. The van der Waals surface area contributed by atoms with Gasteiger partial charge in [0.05, 0.1) is 0 Å². The van der Waals surface area contributed by atoms with Crippen LogP contribution in [0.2, 0.25) is 0 Å². The standard InChI is InChI=1S/C18H21N3/c19-13-7-15-14-2-1-3-16-18(14)12(8-20-16)6-17(15)21(10-13)9-11-4-5-11/h1-3,7-8,11,13,17,20H,4-6,9-10,19H2/t13?,17-/m1/s1. The van der Waals surface area contributed by atoms with Crippen molar-refractivity contribution in [2.24, 2.45) is 11.7 Å². The van der Waals surface area contributed by atoms with E-state index in [1.165, 1.54) is 47.0 Å². The third kappa shape index (κ3) is 1.81. The summed E-state index contributed by atoms with van der Waals surface area (Å²) in [5.41, 5.74) is 11.9. The third-order valence-electron chi connectivity index (χ3n) is 5.34. The quantitative estimate of drug-likeness (QED) is 0.887. The highest BCUT2D eigenvalue weighted by Gasteiger charge is 2.36. The number of hydrogen-bond donors (Lipinski definition) is 2. The molecule has 1 aliphatic heterocycles. The van der Waals surface area contributed by atoms with Gasteiger partial charge in [0.25, 0.3) is 0 Å². The summed E-state index contributed by atoms with van der Waals surface area (Å²) >= 11 is 0. The van der Waals surface area contributed by atoms with Gasteiger partial charge in [-0.25, -0.2) is 0 Å². The van der Waals surface area contributed by atoms with Gasteiger partial charge in [0.1, 0.15) is 0 Å². The van der Waals surface area contributed by atoms with E-state index in [9.17, 15) is 0 Å². The predicted octanol–water partition coefficient (Wildman–Crippen LogP) is 2.53. The molecule has 3 N–H and O–H groups in total. The van der Waals surface area contributed by atoms with E-state index in [2.05, 4.69) is 40.4 Å². The van der Waals surface area contributed by atoms with Gasteiger partial charge >= 0.3 is 0 Å². The first-order valence-corrected chi connectivity index (χ1v) is 8.10. The zero-order valence-electron chi connectivity index (χ0n) is 12.2. The van der Waals surface area contributed by atoms with Gasteiger partial charge in [0.2, 0.25) is 0 Å². The number of nitrogens with two attached hydrogens (primary N) is 1. The average molecular weight is 279 g/mol. The van der Waals surface area contributed by atoms with Crippen LogP contribution in [-0.4, -0.2) is 35.1 Å². The topological polar surface area (TPSA) is 45.1 Å². The Morgan fingerprint density at radius 1 is 1.29 bits per heavy atom. The number of benzene rings is 1. The SMILES string of the molecule is NC1C=C2c3cccc4[nH]cc(c34)C[C@H]2N(CC2CC2)C1. The minimum atomic E-state index is 0.172. The van der Waals surface area contributed by atoms with Crippen molar-refractivity contribution >= 4 is 16.5 Å². The van der Waals surface area contributed by atoms with Crippen LogP contribution in [0, 0.1) is 5.92 Å². The van der Waals surface area contributed by atoms with Crippen LogP contribution < -0.4 is 5.73 Å². The van der Waals surface area contributed by atoms with E-state index in [4.69, 9.17) is 5.73 Å². The molecule has 0 saturated heterocycles. The molecule has 5 rings (SSSR count).